The Bertz CT molecular complexity index is 447. The number of hydrogen-bond acceptors (Lipinski definition) is 2. The van der Waals surface area contributed by atoms with Crippen molar-refractivity contribution in [2.24, 2.45) is 0 Å². The second kappa shape index (κ2) is 5.36. The molecule has 2 nitrogen and oxygen atoms in total. The summed E-state index contributed by atoms with van der Waals surface area (Å²) >= 11 is 0. The van der Waals surface area contributed by atoms with Gasteiger partial charge in [0.2, 0.25) is 0 Å². The Morgan fingerprint density at radius 2 is 1.84 bits per heavy atom. The highest BCUT2D eigenvalue weighted by Gasteiger charge is 2.34. The van der Waals surface area contributed by atoms with E-state index in [-0.39, 0.29) is 11.7 Å². The zero-order valence-electron chi connectivity index (χ0n) is 10.2. The largest absolute Gasteiger partial charge is 0.419 e. The first-order chi connectivity index (χ1) is 8.88. The van der Waals surface area contributed by atoms with E-state index in [1.54, 1.807) is 0 Å². The van der Waals surface area contributed by atoms with E-state index in [0.29, 0.717) is 12.8 Å². The second-order valence-electron chi connectivity index (χ2n) is 4.80. The third-order valence-corrected chi connectivity index (χ3v) is 3.35. The third-order valence-electron chi connectivity index (χ3n) is 3.35. The van der Waals surface area contributed by atoms with Gasteiger partial charge in [-0.05, 0) is 31.0 Å². The van der Waals surface area contributed by atoms with Crippen molar-refractivity contribution in [2.75, 3.05) is 5.32 Å². The fourth-order valence-corrected chi connectivity index (χ4v) is 2.33. The molecule has 2 atom stereocenters. The zero-order valence-corrected chi connectivity index (χ0v) is 10.2. The maximum atomic E-state index is 13.1. The van der Waals surface area contributed by atoms with Crippen molar-refractivity contribution >= 4 is 5.69 Å². The van der Waals surface area contributed by atoms with E-state index in [9.17, 15) is 22.7 Å². The highest BCUT2D eigenvalue weighted by atomic mass is 19.4. The van der Waals surface area contributed by atoms with Crippen LogP contribution in [0, 0.1) is 5.82 Å². The Hall–Kier alpha value is -1.30. The maximum absolute atomic E-state index is 13.1. The van der Waals surface area contributed by atoms with Gasteiger partial charge in [0.1, 0.15) is 5.82 Å². The molecule has 0 heterocycles. The standard InChI is InChI=1S/C13H15F4NO/c14-10-6-5-8(7-9(10)13(15,16)17)18-11-3-1-2-4-12(11)19/h5-7,11-12,18-19H,1-4H2. The Morgan fingerprint density at radius 3 is 2.47 bits per heavy atom. The fourth-order valence-electron chi connectivity index (χ4n) is 2.33. The molecular formula is C13H15F4NO. The number of alkyl halides is 3. The molecule has 6 heteroatoms. The lowest BCUT2D eigenvalue weighted by Gasteiger charge is -2.29. The van der Waals surface area contributed by atoms with Crippen LogP contribution in [0.3, 0.4) is 0 Å². The number of benzene rings is 1. The van der Waals surface area contributed by atoms with Crippen LogP contribution in [0.1, 0.15) is 31.2 Å². The Kier molecular flexibility index (Phi) is 3.99. The van der Waals surface area contributed by atoms with Gasteiger partial charge in [0, 0.05) is 5.69 Å². The minimum atomic E-state index is -4.72. The molecule has 1 aliphatic rings. The van der Waals surface area contributed by atoms with Crippen molar-refractivity contribution in [2.45, 2.75) is 44.0 Å². The highest BCUT2D eigenvalue weighted by molar-refractivity contribution is 5.48. The lowest BCUT2D eigenvalue weighted by molar-refractivity contribution is -0.139. The number of nitrogens with one attached hydrogen (secondary N) is 1. The molecule has 0 saturated heterocycles. The van der Waals surface area contributed by atoms with Gasteiger partial charge in [0.05, 0.1) is 17.7 Å². The van der Waals surface area contributed by atoms with E-state index in [2.05, 4.69) is 5.32 Å². The molecule has 0 spiro atoms. The number of aliphatic hydroxyl groups is 1. The van der Waals surface area contributed by atoms with Crippen molar-refractivity contribution in [3.05, 3.63) is 29.6 Å². The second-order valence-corrected chi connectivity index (χ2v) is 4.80. The van der Waals surface area contributed by atoms with Crippen LogP contribution in [0.15, 0.2) is 18.2 Å². The minimum absolute atomic E-state index is 0.180. The summed E-state index contributed by atoms with van der Waals surface area (Å²) in [5.74, 6) is -1.29. The van der Waals surface area contributed by atoms with Gasteiger partial charge >= 0.3 is 6.18 Å². The average molecular weight is 277 g/mol. The normalized spacial score (nSPS) is 24.3. The zero-order chi connectivity index (χ0) is 14.0. The predicted molar refractivity (Wildman–Crippen MR) is 63.3 cm³/mol. The van der Waals surface area contributed by atoms with E-state index >= 15 is 0 Å². The lowest BCUT2D eigenvalue weighted by atomic mass is 9.92. The van der Waals surface area contributed by atoms with Crippen LogP contribution < -0.4 is 5.32 Å². The summed E-state index contributed by atoms with van der Waals surface area (Å²) in [4.78, 5) is 0. The van der Waals surface area contributed by atoms with Gasteiger partial charge in [-0.2, -0.15) is 13.2 Å². The number of rotatable bonds is 2. The molecule has 2 rings (SSSR count). The number of halogens is 4. The molecule has 0 aromatic heterocycles. The molecular weight excluding hydrogens is 262 g/mol. The lowest BCUT2D eigenvalue weighted by Crippen LogP contribution is -2.36. The van der Waals surface area contributed by atoms with Gasteiger partial charge in [0.25, 0.3) is 0 Å². The van der Waals surface area contributed by atoms with Gasteiger partial charge in [-0.3, -0.25) is 0 Å². The van der Waals surface area contributed by atoms with Crippen molar-refractivity contribution in [1.29, 1.82) is 0 Å². The van der Waals surface area contributed by atoms with E-state index in [1.807, 2.05) is 0 Å². The van der Waals surface area contributed by atoms with Gasteiger partial charge in [0.15, 0.2) is 0 Å². The summed E-state index contributed by atoms with van der Waals surface area (Å²) in [7, 11) is 0. The Balaban J connectivity index is 2.17. The van der Waals surface area contributed by atoms with Crippen LogP contribution in [0.2, 0.25) is 0 Å². The van der Waals surface area contributed by atoms with Crippen LogP contribution in [0.4, 0.5) is 23.2 Å². The monoisotopic (exact) mass is 277 g/mol. The van der Waals surface area contributed by atoms with Crippen molar-refractivity contribution in [3.8, 4) is 0 Å². The summed E-state index contributed by atoms with van der Waals surface area (Å²) in [6.07, 6.45) is -2.13. The summed E-state index contributed by atoms with van der Waals surface area (Å²) in [6.45, 7) is 0. The van der Waals surface area contributed by atoms with Crippen molar-refractivity contribution in [3.63, 3.8) is 0 Å². The number of aliphatic hydroxyl groups excluding tert-OH is 1. The minimum Gasteiger partial charge on any atom is -0.391 e. The highest BCUT2D eigenvalue weighted by Crippen LogP contribution is 2.33. The molecule has 0 aliphatic heterocycles. The summed E-state index contributed by atoms with van der Waals surface area (Å²) < 4.78 is 50.8. The smallest absolute Gasteiger partial charge is 0.391 e. The molecule has 0 amide bonds. The van der Waals surface area contributed by atoms with E-state index in [1.165, 1.54) is 6.07 Å². The molecule has 1 aromatic rings. The average Bonchev–Trinajstić information content (AvgIpc) is 2.33. The van der Waals surface area contributed by atoms with Crippen LogP contribution in [0.5, 0.6) is 0 Å². The van der Waals surface area contributed by atoms with Gasteiger partial charge in [-0.15, -0.1) is 0 Å². The van der Waals surface area contributed by atoms with Gasteiger partial charge < -0.3 is 10.4 Å². The van der Waals surface area contributed by atoms with Gasteiger partial charge in [-0.1, -0.05) is 12.8 Å². The third kappa shape index (κ3) is 3.37. The quantitative estimate of drug-likeness (QED) is 0.810. The molecule has 1 aliphatic carbocycles. The first kappa shape index (κ1) is 14.1. The topological polar surface area (TPSA) is 32.3 Å². The molecule has 1 fully saturated rings. The Morgan fingerprint density at radius 1 is 1.16 bits per heavy atom. The van der Waals surface area contributed by atoms with Crippen molar-refractivity contribution < 1.29 is 22.7 Å². The summed E-state index contributed by atoms with van der Waals surface area (Å²) in [5, 5.41) is 12.6. The molecule has 1 aromatic carbocycles. The van der Waals surface area contributed by atoms with E-state index in [4.69, 9.17) is 0 Å². The molecule has 19 heavy (non-hydrogen) atoms. The van der Waals surface area contributed by atoms with E-state index in [0.717, 1.165) is 25.0 Å². The molecule has 106 valence electrons. The fraction of sp³-hybridized carbons (Fsp3) is 0.538. The predicted octanol–water partition coefficient (Wildman–Crippen LogP) is 3.56. The number of anilines is 1. The molecule has 0 radical (unpaired) electrons. The molecule has 0 bridgehead atoms. The molecule has 2 N–H and O–H groups in total. The van der Waals surface area contributed by atoms with E-state index < -0.39 is 23.7 Å². The van der Waals surface area contributed by atoms with Crippen LogP contribution in [0.25, 0.3) is 0 Å². The first-order valence-corrected chi connectivity index (χ1v) is 6.19. The first-order valence-electron chi connectivity index (χ1n) is 6.19. The maximum Gasteiger partial charge on any atom is 0.419 e. The van der Waals surface area contributed by atoms with Crippen LogP contribution >= 0.6 is 0 Å². The van der Waals surface area contributed by atoms with Crippen LogP contribution in [-0.2, 0) is 6.18 Å². The summed E-state index contributed by atoms with van der Waals surface area (Å²) in [6, 6.07) is 2.52. The Labute approximate surface area is 108 Å². The summed E-state index contributed by atoms with van der Waals surface area (Å²) in [5.41, 5.74) is -1.11. The van der Waals surface area contributed by atoms with Gasteiger partial charge in [-0.25, -0.2) is 4.39 Å². The molecule has 1 saturated carbocycles. The van der Waals surface area contributed by atoms with Crippen LogP contribution in [-0.4, -0.2) is 17.3 Å². The SMILES string of the molecule is OC1CCCCC1Nc1ccc(F)c(C(F)(F)F)c1. The molecule has 2 unspecified atom stereocenters. The van der Waals surface area contributed by atoms with Crippen molar-refractivity contribution in [1.82, 2.24) is 0 Å². The number of hydrogen-bond donors (Lipinski definition) is 2.